The third-order valence-electron chi connectivity index (χ3n) is 3.32. The average Bonchev–Trinajstić information content (AvgIpc) is 2.46. The zero-order chi connectivity index (χ0) is 13.7. The van der Waals surface area contributed by atoms with Gasteiger partial charge in [-0.2, -0.15) is 0 Å². The molecule has 0 aromatic heterocycles. The molecule has 104 valence electrons. The Bertz CT molecular complexity index is 405. The fourth-order valence-corrected chi connectivity index (χ4v) is 2.06. The van der Waals surface area contributed by atoms with E-state index in [4.69, 9.17) is 14.6 Å². The van der Waals surface area contributed by atoms with Crippen LogP contribution in [-0.2, 0) is 20.7 Å². The lowest BCUT2D eigenvalue weighted by Gasteiger charge is -2.27. The van der Waals surface area contributed by atoms with Crippen molar-refractivity contribution in [2.75, 3.05) is 13.2 Å². The fraction of sp³-hybridized carbons (Fsp3) is 0.533. The third kappa shape index (κ3) is 3.78. The molecule has 1 fully saturated rings. The van der Waals surface area contributed by atoms with E-state index in [1.165, 1.54) is 18.4 Å². The van der Waals surface area contributed by atoms with Gasteiger partial charge in [0.05, 0.1) is 13.2 Å². The highest BCUT2D eigenvalue weighted by Crippen LogP contribution is 2.25. The van der Waals surface area contributed by atoms with Gasteiger partial charge in [-0.3, -0.25) is 4.79 Å². The lowest BCUT2D eigenvalue weighted by atomic mass is 10.1. The Hall–Kier alpha value is -1.39. The quantitative estimate of drug-likeness (QED) is 0.888. The smallest absolute Gasteiger partial charge is 0.311 e. The fourth-order valence-electron chi connectivity index (χ4n) is 2.06. The van der Waals surface area contributed by atoms with Gasteiger partial charge in [0.15, 0.2) is 6.29 Å². The molecule has 4 heteroatoms. The van der Waals surface area contributed by atoms with Crippen LogP contribution >= 0.6 is 0 Å². The minimum Gasteiger partial charge on any atom is -0.481 e. The summed E-state index contributed by atoms with van der Waals surface area (Å²) in [7, 11) is 0. The van der Waals surface area contributed by atoms with Crippen molar-refractivity contribution in [2.24, 2.45) is 5.92 Å². The summed E-state index contributed by atoms with van der Waals surface area (Å²) < 4.78 is 10.9. The van der Waals surface area contributed by atoms with Crippen molar-refractivity contribution in [1.29, 1.82) is 0 Å². The zero-order valence-electron chi connectivity index (χ0n) is 11.2. The molecule has 1 heterocycles. The molecular weight excluding hydrogens is 244 g/mol. The van der Waals surface area contributed by atoms with Crippen LogP contribution in [0.5, 0.6) is 0 Å². The van der Waals surface area contributed by atoms with Crippen LogP contribution in [0, 0.1) is 5.92 Å². The van der Waals surface area contributed by atoms with Crippen molar-refractivity contribution in [1.82, 2.24) is 0 Å². The Kier molecular flexibility index (Phi) is 4.93. The maximum atomic E-state index is 10.8. The average molecular weight is 264 g/mol. The van der Waals surface area contributed by atoms with Crippen LogP contribution in [0.15, 0.2) is 24.3 Å². The van der Waals surface area contributed by atoms with Gasteiger partial charge >= 0.3 is 5.97 Å². The van der Waals surface area contributed by atoms with Crippen molar-refractivity contribution in [3.63, 3.8) is 0 Å². The van der Waals surface area contributed by atoms with Gasteiger partial charge in [0.2, 0.25) is 0 Å². The van der Waals surface area contributed by atoms with Crippen LogP contribution in [0.2, 0.25) is 0 Å². The van der Waals surface area contributed by atoms with E-state index >= 15 is 0 Å². The number of ether oxygens (including phenoxy) is 2. The van der Waals surface area contributed by atoms with Crippen molar-refractivity contribution >= 4 is 5.97 Å². The number of hydrogen-bond donors (Lipinski definition) is 1. The van der Waals surface area contributed by atoms with Crippen LogP contribution in [0.3, 0.4) is 0 Å². The van der Waals surface area contributed by atoms with Crippen LogP contribution in [0.4, 0.5) is 0 Å². The van der Waals surface area contributed by atoms with E-state index in [2.05, 4.69) is 19.1 Å². The van der Waals surface area contributed by atoms with E-state index in [1.54, 1.807) is 0 Å². The molecule has 0 radical (unpaired) electrons. The third-order valence-corrected chi connectivity index (χ3v) is 3.32. The second-order valence-electron chi connectivity index (χ2n) is 4.88. The Morgan fingerprint density at radius 1 is 1.26 bits per heavy atom. The van der Waals surface area contributed by atoms with Gasteiger partial charge in [0.25, 0.3) is 0 Å². The van der Waals surface area contributed by atoms with E-state index in [9.17, 15) is 4.79 Å². The van der Waals surface area contributed by atoms with Gasteiger partial charge in [-0.15, -0.1) is 0 Å². The summed E-state index contributed by atoms with van der Waals surface area (Å²) in [6, 6.07) is 8.16. The van der Waals surface area contributed by atoms with Gasteiger partial charge < -0.3 is 14.6 Å². The molecule has 0 saturated carbocycles. The molecule has 0 bridgehead atoms. The Morgan fingerprint density at radius 2 is 1.89 bits per heavy atom. The van der Waals surface area contributed by atoms with Crippen LogP contribution in [0.1, 0.15) is 37.2 Å². The summed E-state index contributed by atoms with van der Waals surface area (Å²) in [4.78, 5) is 10.8. The summed E-state index contributed by atoms with van der Waals surface area (Å²) in [5.41, 5.74) is 2.26. The molecule has 1 aromatic rings. The van der Waals surface area contributed by atoms with Gasteiger partial charge in [0, 0.05) is 5.56 Å². The number of carbonyl (C=O) groups is 1. The number of hydrogen-bond acceptors (Lipinski definition) is 3. The van der Waals surface area contributed by atoms with E-state index in [0.717, 1.165) is 12.0 Å². The number of benzene rings is 1. The number of unbranched alkanes of at least 4 members (excludes halogenated alkanes) is 1. The minimum atomic E-state index is -0.867. The first kappa shape index (κ1) is 14.0. The summed E-state index contributed by atoms with van der Waals surface area (Å²) in [5.74, 6) is -1.42. The molecule has 1 aromatic carbocycles. The Morgan fingerprint density at radius 3 is 2.42 bits per heavy atom. The largest absolute Gasteiger partial charge is 0.481 e. The highest BCUT2D eigenvalue weighted by Gasteiger charge is 2.27. The van der Waals surface area contributed by atoms with Gasteiger partial charge in [0.1, 0.15) is 5.92 Å². The summed E-state index contributed by atoms with van der Waals surface area (Å²) in [6.45, 7) is 2.59. The highest BCUT2D eigenvalue weighted by atomic mass is 16.7. The number of carboxylic acids is 1. The molecule has 0 amide bonds. The maximum Gasteiger partial charge on any atom is 0.311 e. The predicted octanol–water partition coefficient (Wildman–Crippen LogP) is 2.78. The molecular formula is C15H20O4. The standard InChI is InChI=1S/C15H20O4/c1-2-3-4-11-5-7-12(8-6-11)15-18-9-13(10-19-15)14(16)17/h5-8,13,15H,2-4,9-10H2,1H3,(H,16,17). The van der Waals surface area contributed by atoms with Crippen LogP contribution in [-0.4, -0.2) is 24.3 Å². The lowest BCUT2D eigenvalue weighted by molar-refractivity contribution is -0.211. The number of aryl methyl sites for hydroxylation is 1. The Balaban J connectivity index is 1.90. The van der Waals surface area contributed by atoms with Crippen LogP contribution in [0.25, 0.3) is 0 Å². The van der Waals surface area contributed by atoms with Crippen LogP contribution < -0.4 is 0 Å². The molecule has 0 atom stereocenters. The Labute approximate surface area is 113 Å². The van der Waals surface area contributed by atoms with Crippen molar-refractivity contribution in [3.05, 3.63) is 35.4 Å². The number of rotatable bonds is 5. The monoisotopic (exact) mass is 264 g/mol. The first-order valence-corrected chi connectivity index (χ1v) is 6.75. The highest BCUT2D eigenvalue weighted by molar-refractivity contribution is 5.70. The first-order chi connectivity index (χ1) is 9.20. The zero-order valence-corrected chi connectivity index (χ0v) is 11.2. The SMILES string of the molecule is CCCCc1ccc(C2OCC(C(=O)O)CO2)cc1. The topological polar surface area (TPSA) is 55.8 Å². The molecule has 0 spiro atoms. The molecule has 19 heavy (non-hydrogen) atoms. The van der Waals surface area contributed by atoms with Gasteiger partial charge in [-0.05, 0) is 18.4 Å². The van der Waals surface area contributed by atoms with Crippen molar-refractivity contribution in [2.45, 2.75) is 32.5 Å². The lowest BCUT2D eigenvalue weighted by Crippen LogP contribution is -2.32. The molecule has 4 nitrogen and oxygen atoms in total. The van der Waals surface area contributed by atoms with E-state index in [1.807, 2.05) is 12.1 Å². The molecule has 0 unspecified atom stereocenters. The number of aliphatic carboxylic acids is 1. The van der Waals surface area contributed by atoms with E-state index in [-0.39, 0.29) is 13.2 Å². The second kappa shape index (κ2) is 6.68. The molecule has 0 aliphatic carbocycles. The van der Waals surface area contributed by atoms with Gasteiger partial charge in [-0.1, -0.05) is 37.6 Å². The minimum absolute atomic E-state index is 0.206. The summed E-state index contributed by atoms with van der Waals surface area (Å²) in [6.07, 6.45) is 3.03. The summed E-state index contributed by atoms with van der Waals surface area (Å²) in [5, 5.41) is 8.85. The molecule has 1 saturated heterocycles. The first-order valence-electron chi connectivity index (χ1n) is 6.75. The van der Waals surface area contributed by atoms with E-state index < -0.39 is 18.2 Å². The van der Waals surface area contributed by atoms with Gasteiger partial charge in [-0.25, -0.2) is 0 Å². The summed E-state index contributed by atoms with van der Waals surface area (Å²) >= 11 is 0. The maximum absolute atomic E-state index is 10.8. The van der Waals surface area contributed by atoms with Crippen molar-refractivity contribution < 1.29 is 19.4 Å². The normalized spacial score (nSPS) is 23.2. The van der Waals surface area contributed by atoms with Crippen molar-refractivity contribution in [3.8, 4) is 0 Å². The molecule has 2 rings (SSSR count). The molecule has 1 aliphatic rings. The number of carboxylic acid groups (broad SMARTS) is 1. The second-order valence-corrected chi connectivity index (χ2v) is 4.88. The molecule has 1 aliphatic heterocycles. The predicted molar refractivity (Wildman–Crippen MR) is 70.8 cm³/mol. The molecule has 1 N–H and O–H groups in total. The van der Waals surface area contributed by atoms with E-state index in [0.29, 0.717) is 0 Å².